The van der Waals surface area contributed by atoms with Gasteiger partial charge in [-0.05, 0) is 25.0 Å². The molecule has 18 heavy (non-hydrogen) atoms. The Morgan fingerprint density at radius 2 is 2.11 bits per heavy atom. The molecule has 3 nitrogen and oxygen atoms in total. The largest absolute Gasteiger partial charge is 0.391 e. The Morgan fingerprint density at radius 3 is 2.78 bits per heavy atom. The molecule has 1 saturated carbocycles. The summed E-state index contributed by atoms with van der Waals surface area (Å²) in [5.74, 6) is 0. The van der Waals surface area contributed by atoms with Gasteiger partial charge in [-0.15, -0.1) is 0 Å². The molecule has 0 radical (unpaired) electrons. The van der Waals surface area contributed by atoms with Gasteiger partial charge in [0, 0.05) is 5.69 Å². The first-order valence-electron chi connectivity index (χ1n) is 6.12. The third-order valence-corrected chi connectivity index (χ3v) is 3.85. The van der Waals surface area contributed by atoms with Crippen LogP contribution in [0.5, 0.6) is 0 Å². The van der Waals surface area contributed by atoms with Crippen molar-refractivity contribution >= 4 is 34.5 Å². The minimum absolute atomic E-state index is 0.0466. The van der Waals surface area contributed by atoms with Crippen molar-refractivity contribution in [3.63, 3.8) is 0 Å². The predicted molar refractivity (Wildman–Crippen MR) is 79.2 cm³/mol. The molecule has 2 rings (SSSR count). The molecule has 1 aromatic rings. The topological polar surface area (TPSA) is 58.3 Å². The van der Waals surface area contributed by atoms with E-state index in [4.69, 9.17) is 29.6 Å². The number of thiocarbonyl (C=S) groups is 1. The van der Waals surface area contributed by atoms with Crippen LogP contribution in [0.25, 0.3) is 0 Å². The fourth-order valence-electron chi connectivity index (χ4n) is 2.37. The molecule has 5 heteroatoms. The van der Waals surface area contributed by atoms with Crippen molar-refractivity contribution in [3.8, 4) is 0 Å². The number of nitrogens with one attached hydrogen (secondary N) is 1. The molecule has 2 atom stereocenters. The Kier molecular flexibility index (Phi) is 4.43. The van der Waals surface area contributed by atoms with Gasteiger partial charge in [-0.3, -0.25) is 0 Å². The van der Waals surface area contributed by atoms with Crippen LogP contribution in [0.1, 0.15) is 31.2 Å². The number of aliphatic hydroxyl groups excluding tert-OH is 1. The molecular weight excluding hydrogens is 268 g/mol. The second-order valence-electron chi connectivity index (χ2n) is 4.63. The quantitative estimate of drug-likeness (QED) is 0.747. The van der Waals surface area contributed by atoms with Gasteiger partial charge in [-0.2, -0.15) is 0 Å². The van der Waals surface area contributed by atoms with E-state index >= 15 is 0 Å². The summed E-state index contributed by atoms with van der Waals surface area (Å²) in [6.45, 7) is 0. The third kappa shape index (κ3) is 2.94. The van der Waals surface area contributed by atoms with E-state index in [9.17, 15) is 5.11 Å². The van der Waals surface area contributed by atoms with E-state index in [0.29, 0.717) is 10.6 Å². The molecule has 0 heterocycles. The Labute approximate surface area is 117 Å². The molecule has 2 unspecified atom stereocenters. The maximum absolute atomic E-state index is 9.97. The van der Waals surface area contributed by atoms with Gasteiger partial charge in [0.05, 0.1) is 22.7 Å². The first-order valence-corrected chi connectivity index (χ1v) is 6.91. The molecule has 0 aliphatic heterocycles. The highest BCUT2D eigenvalue weighted by Gasteiger charge is 2.24. The zero-order valence-corrected chi connectivity index (χ0v) is 11.6. The molecule has 0 aromatic heterocycles. The summed E-state index contributed by atoms with van der Waals surface area (Å²) in [5.41, 5.74) is 7.17. The zero-order valence-electron chi connectivity index (χ0n) is 10.0. The van der Waals surface area contributed by atoms with E-state index in [2.05, 4.69) is 5.32 Å². The average Bonchev–Trinajstić information content (AvgIpc) is 2.31. The lowest BCUT2D eigenvalue weighted by Crippen LogP contribution is -2.36. The van der Waals surface area contributed by atoms with Crippen LogP contribution in [0.4, 0.5) is 5.69 Å². The number of benzene rings is 1. The average molecular weight is 285 g/mol. The molecule has 98 valence electrons. The van der Waals surface area contributed by atoms with E-state index < -0.39 is 0 Å². The van der Waals surface area contributed by atoms with Gasteiger partial charge in [-0.25, -0.2) is 0 Å². The van der Waals surface area contributed by atoms with Gasteiger partial charge in [0.2, 0.25) is 0 Å². The van der Waals surface area contributed by atoms with E-state index in [1.54, 1.807) is 6.07 Å². The predicted octanol–water partition coefficient (Wildman–Crippen LogP) is 2.69. The fraction of sp³-hybridized carbons (Fsp3) is 0.462. The van der Waals surface area contributed by atoms with Crippen molar-refractivity contribution in [1.29, 1.82) is 0 Å². The number of nitrogens with two attached hydrogens (primary N) is 1. The van der Waals surface area contributed by atoms with E-state index in [1.807, 2.05) is 12.1 Å². The number of anilines is 1. The molecule has 0 amide bonds. The minimum Gasteiger partial charge on any atom is -0.391 e. The first kappa shape index (κ1) is 13.6. The van der Waals surface area contributed by atoms with Gasteiger partial charge in [0.25, 0.3) is 0 Å². The second kappa shape index (κ2) is 5.87. The lowest BCUT2D eigenvalue weighted by molar-refractivity contribution is 0.116. The molecule has 4 N–H and O–H groups in total. The molecule has 0 spiro atoms. The molecular formula is C13H17ClN2OS. The van der Waals surface area contributed by atoms with Gasteiger partial charge in [0.15, 0.2) is 0 Å². The SMILES string of the molecule is NC(=S)c1c(Cl)cccc1NC1CCCCC1O. The van der Waals surface area contributed by atoms with Crippen molar-refractivity contribution in [2.24, 2.45) is 5.73 Å². The van der Waals surface area contributed by atoms with Crippen LogP contribution in [0.15, 0.2) is 18.2 Å². The minimum atomic E-state index is -0.322. The van der Waals surface area contributed by atoms with Crippen LogP contribution in [0.3, 0.4) is 0 Å². The van der Waals surface area contributed by atoms with Crippen molar-refractivity contribution in [2.45, 2.75) is 37.8 Å². The van der Waals surface area contributed by atoms with Crippen LogP contribution in [0.2, 0.25) is 5.02 Å². The molecule has 1 fully saturated rings. The highest BCUT2D eigenvalue weighted by Crippen LogP contribution is 2.28. The molecule has 1 aliphatic rings. The second-order valence-corrected chi connectivity index (χ2v) is 5.48. The lowest BCUT2D eigenvalue weighted by atomic mass is 9.92. The normalized spacial score (nSPS) is 23.7. The summed E-state index contributed by atoms with van der Waals surface area (Å²) in [7, 11) is 0. The van der Waals surface area contributed by atoms with Crippen molar-refractivity contribution < 1.29 is 5.11 Å². The summed E-state index contributed by atoms with van der Waals surface area (Å²) in [6, 6.07) is 5.55. The van der Waals surface area contributed by atoms with Crippen LogP contribution in [-0.2, 0) is 0 Å². The Balaban J connectivity index is 2.23. The third-order valence-electron chi connectivity index (χ3n) is 3.33. The summed E-state index contributed by atoms with van der Waals surface area (Å²) < 4.78 is 0. The number of aliphatic hydroxyl groups is 1. The molecule has 1 aliphatic carbocycles. The Bertz CT molecular complexity index is 453. The maximum Gasteiger partial charge on any atom is 0.107 e. The van der Waals surface area contributed by atoms with E-state index in [0.717, 1.165) is 31.4 Å². The van der Waals surface area contributed by atoms with Gasteiger partial charge in [-0.1, -0.05) is 42.7 Å². The number of hydrogen-bond donors (Lipinski definition) is 3. The van der Waals surface area contributed by atoms with Crippen molar-refractivity contribution in [2.75, 3.05) is 5.32 Å². The Hall–Kier alpha value is -0.840. The highest BCUT2D eigenvalue weighted by atomic mass is 35.5. The first-order chi connectivity index (χ1) is 8.59. The van der Waals surface area contributed by atoms with Gasteiger partial charge < -0.3 is 16.2 Å². The number of halogens is 1. The number of rotatable bonds is 3. The standard InChI is InChI=1S/C13H17ClN2OS/c14-8-4-3-6-10(12(8)13(15)18)16-9-5-1-2-7-11(9)17/h3-4,6,9,11,16-17H,1-2,5,7H2,(H2,15,18). The van der Waals surface area contributed by atoms with Crippen molar-refractivity contribution in [3.05, 3.63) is 28.8 Å². The van der Waals surface area contributed by atoms with E-state index in [-0.39, 0.29) is 17.1 Å². The summed E-state index contributed by atoms with van der Waals surface area (Å²) >= 11 is 11.1. The van der Waals surface area contributed by atoms with Crippen LogP contribution < -0.4 is 11.1 Å². The van der Waals surface area contributed by atoms with Crippen LogP contribution in [-0.4, -0.2) is 22.2 Å². The van der Waals surface area contributed by atoms with Crippen LogP contribution in [0, 0.1) is 0 Å². The molecule has 0 bridgehead atoms. The smallest absolute Gasteiger partial charge is 0.107 e. The Morgan fingerprint density at radius 1 is 1.39 bits per heavy atom. The summed E-state index contributed by atoms with van der Waals surface area (Å²) in [4.78, 5) is 0.272. The fourth-order valence-corrected chi connectivity index (χ4v) is 2.93. The van der Waals surface area contributed by atoms with Gasteiger partial charge >= 0.3 is 0 Å². The monoisotopic (exact) mass is 284 g/mol. The molecule has 0 saturated heterocycles. The van der Waals surface area contributed by atoms with Gasteiger partial charge in [0.1, 0.15) is 4.99 Å². The zero-order chi connectivity index (χ0) is 13.1. The highest BCUT2D eigenvalue weighted by molar-refractivity contribution is 7.80. The van der Waals surface area contributed by atoms with E-state index in [1.165, 1.54) is 0 Å². The number of hydrogen-bond acceptors (Lipinski definition) is 3. The summed E-state index contributed by atoms with van der Waals surface area (Å²) in [6.07, 6.45) is 3.66. The van der Waals surface area contributed by atoms with Crippen molar-refractivity contribution in [1.82, 2.24) is 0 Å². The van der Waals surface area contributed by atoms with Crippen LogP contribution >= 0.6 is 23.8 Å². The lowest BCUT2D eigenvalue weighted by Gasteiger charge is -2.30. The summed E-state index contributed by atoms with van der Waals surface area (Å²) in [5, 5.41) is 13.8. The maximum atomic E-state index is 9.97. The molecule has 1 aromatic carbocycles.